The molecule has 0 saturated carbocycles. The van der Waals surface area contributed by atoms with Gasteiger partial charge in [0.2, 0.25) is 0 Å². The number of nitrogens with two attached hydrogens (primary N) is 1. The SMILES string of the molecule is Cc1ccc(C(NN)c2cc(Br)cc(Br)c2)c(C)c1. The maximum Gasteiger partial charge on any atom is 0.0713 e. The van der Waals surface area contributed by atoms with Gasteiger partial charge in [-0.2, -0.15) is 0 Å². The van der Waals surface area contributed by atoms with Crippen LogP contribution in [0.1, 0.15) is 28.3 Å². The van der Waals surface area contributed by atoms with Crippen LogP contribution in [-0.2, 0) is 0 Å². The topological polar surface area (TPSA) is 38.0 Å². The molecule has 2 aromatic rings. The highest BCUT2D eigenvalue weighted by Gasteiger charge is 2.15. The monoisotopic (exact) mass is 382 g/mol. The van der Waals surface area contributed by atoms with E-state index in [2.05, 4.69) is 81.5 Å². The lowest BCUT2D eigenvalue weighted by Crippen LogP contribution is -2.29. The molecule has 0 amide bonds. The largest absolute Gasteiger partial charge is 0.271 e. The summed E-state index contributed by atoms with van der Waals surface area (Å²) >= 11 is 7.03. The quantitative estimate of drug-likeness (QED) is 0.609. The Morgan fingerprint density at radius 2 is 1.63 bits per heavy atom. The van der Waals surface area contributed by atoms with Crippen molar-refractivity contribution in [1.29, 1.82) is 0 Å². The molecule has 0 heterocycles. The second-order valence-electron chi connectivity index (χ2n) is 4.66. The van der Waals surface area contributed by atoms with Crippen LogP contribution in [0.25, 0.3) is 0 Å². The van der Waals surface area contributed by atoms with E-state index in [0.29, 0.717) is 0 Å². The average molecular weight is 384 g/mol. The number of hydrogen-bond acceptors (Lipinski definition) is 2. The van der Waals surface area contributed by atoms with E-state index < -0.39 is 0 Å². The lowest BCUT2D eigenvalue weighted by atomic mass is 9.94. The van der Waals surface area contributed by atoms with Gasteiger partial charge in [0.05, 0.1) is 6.04 Å². The summed E-state index contributed by atoms with van der Waals surface area (Å²) in [5.41, 5.74) is 7.71. The Morgan fingerprint density at radius 3 is 2.16 bits per heavy atom. The molecule has 3 N–H and O–H groups in total. The number of aryl methyl sites for hydroxylation is 2. The molecule has 2 nitrogen and oxygen atoms in total. The maximum absolute atomic E-state index is 5.76. The van der Waals surface area contributed by atoms with Crippen LogP contribution in [0, 0.1) is 13.8 Å². The molecule has 1 atom stereocenters. The van der Waals surface area contributed by atoms with E-state index >= 15 is 0 Å². The summed E-state index contributed by atoms with van der Waals surface area (Å²) in [6.07, 6.45) is 0. The highest BCUT2D eigenvalue weighted by atomic mass is 79.9. The number of benzene rings is 2. The molecule has 0 spiro atoms. The molecule has 0 bridgehead atoms. The van der Waals surface area contributed by atoms with E-state index in [-0.39, 0.29) is 6.04 Å². The fraction of sp³-hybridized carbons (Fsp3) is 0.200. The van der Waals surface area contributed by atoms with Gasteiger partial charge in [-0.1, -0.05) is 55.6 Å². The zero-order valence-electron chi connectivity index (χ0n) is 10.9. The van der Waals surface area contributed by atoms with Crippen LogP contribution < -0.4 is 11.3 Å². The van der Waals surface area contributed by atoms with Crippen molar-refractivity contribution < 1.29 is 0 Å². The van der Waals surface area contributed by atoms with Crippen LogP contribution in [0.3, 0.4) is 0 Å². The number of halogens is 2. The van der Waals surface area contributed by atoms with Gasteiger partial charge >= 0.3 is 0 Å². The van der Waals surface area contributed by atoms with Crippen molar-refractivity contribution in [3.05, 3.63) is 67.6 Å². The second-order valence-corrected chi connectivity index (χ2v) is 6.49. The summed E-state index contributed by atoms with van der Waals surface area (Å²) in [5.74, 6) is 5.76. The molecule has 0 saturated heterocycles. The predicted octanol–water partition coefficient (Wildman–Crippen LogP) is 4.38. The molecular formula is C15H16Br2N2. The third kappa shape index (κ3) is 3.45. The van der Waals surface area contributed by atoms with E-state index in [1.807, 2.05) is 6.07 Å². The van der Waals surface area contributed by atoms with Crippen molar-refractivity contribution in [3.8, 4) is 0 Å². The Bertz CT molecular complexity index is 576. The molecule has 0 aromatic heterocycles. The van der Waals surface area contributed by atoms with E-state index in [0.717, 1.165) is 14.5 Å². The minimum Gasteiger partial charge on any atom is -0.271 e. The summed E-state index contributed by atoms with van der Waals surface area (Å²) in [7, 11) is 0. The van der Waals surface area contributed by atoms with Gasteiger partial charge in [0, 0.05) is 8.95 Å². The highest BCUT2D eigenvalue weighted by molar-refractivity contribution is 9.11. The third-order valence-electron chi connectivity index (χ3n) is 3.12. The van der Waals surface area contributed by atoms with Crippen molar-refractivity contribution in [2.45, 2.75) is 19.9 Å². The molecule has 19 heavy (non-hydrogen) atoms. The van der Waals surface area contributed by atoms with Crippen molar-refractivity contribution >= 4 is 31.9 Å². The van der Waals surface area contributed by atoms with Gasteiger partial charge in [0.15, 0.2) is 0 Å². The first-order valence-corrected chi connectivity index (χ1v) is 7.59. The molecule has 1 unspecified atom stereocenters. The Balaban J connectivity index is 2.49. The van der Waals surface area contributed by atoms with Gasteiger partial charge in [-0.25, -0.2) is 5.43 Å². The van der Waals surface area contributed by atoms with Crippen LogP contribution in [0.15, 0.2) is 45.3 Å². The van der Waals surface area contributed by atoms with Crippen molar-refractivity contribution in [1.82, 2.24) is 5.43 Å². The molecule has 2 aromatic carbocycles. The molecule has 0 radical (unpaired) electrons. The van der Waals surface area contributed by atoms with Crippen molar-refractivity contribution in [3.63, 3.8) is 0 Å². The lowest BCUT2D eigenvalue weighted by Gasteiger charge is -2.20. The molecular weight excluding hydrogens is 368 g/mol. The zero-order chi connectivity index (χ0) is 14.0. The molecule has 0 aliphatic heterocycles. The Labute approximate surface area is 130 Å². The number of hydrazine groups is 1. The predicted molar refractivity (Wildman–Crippen MR) is 86.9 cm³/mol. The first-order chi connectivity index (χ1) is 9.01. The van der Waals surface area contributed by atoms with Crippen LogP contribution in [0.4, 0.5) is 0 Å². The second kappa shape index (κ2) is 6.18. The Hall–Kier alpha value is -0.680. The van der Waals surface area contributed by atoms with Gasteiger partial charge in [0.1, 0.15) is 0 Å². The van der Waals surface area contributed by atoms with Gasteiger partial charge in [-0.15, -0.1) is 0 Å². The summed E-state index contributed by atoms with van der Waals surface area (Å²) in [6, 6.07) is 12.6. The Kier molecular flexibility index (Phi) is 4.79. The summed E-state index contributed by atoms with van der Waals surface area (Å²) in [6.45, 7) is 4.21. The molecule has 0 aliphatic carbocycles. The van der Waals surface area contributed by atoms with Crippen molar-refractivity contribution in [2.75, 3.05) is 0 Å². The molecule has 4 heteroatoms. The minimum absolute atomic E-state index is 0.0191. The lowest BCUT2D eigenvalue weighted by molar-refractivity contribution is 0.633. The van der Waals surface area contributed by atoms with E-state index in [1.165, 1.54) is 16.7 Å². The summed E-state index contributed by atoms with van der Waals surface area (Å²) in [5, 5.41) is 0. The fourth-order valence-corrected chi connectivity index (χ4v) is 3.59. The third-order valence-corrected chi connectivity index (χ3v) is 4.04. The van der Waals surface area contributed by atoms with Gasteiger partial charge in [-0.05, 0) is 48.7 Å². The van der Waals surface area contributed by atoms with E-state index in [9.17, 15) is 0 Å². The standard InChI is InChI=1S/C15H16Br2N2/c1-9-3-4-14(10(2)5-9)15(19-18)11-6-12(16)8-13(17)7-11/h3-8,15,19H,18H2,1-2H3. The Morgan fingerprint density at radius 1 is 1.00 bits per heavy atom. The maximum atomic E-state index is 5.76. The van der Waals surface area contributed by atoms with Crippen LogP contribution in [0.2, 0.25) is 0 Å². The minimum atomic E-state index is -0.0191. The average Bonchev–Trinajstić information content (AvgIpc) is 2.31. The van der Waals surface area contributed by atoms with Crippen LogP contribution >= 0.6 is 31.9 Å². The number of hydrogen-bond donors (Lipinski definition) is 2. The smallest absolute Gasteiger partial charge is 0.0713 e. The molecule has 0 fully saturated rings. The van der Waals surface area contributed by atoms with E-state index in [4.69, 9.17) is 5.84 Å². The summed E-state index contributed by atoms with van der Waals surface area (Å²) in [4.78, 5) is 0. The highest BCUT2D eigenvalue weighted by Crippen LogP contribution is 2.29. The van der Waals surface area contributed by atoms with Gasteiger partial charge in [-0.3, -0.25) is 5.84 Å². The first-order valence-electron chi connectivity index (χ1n) is 6.00. The van der Waals surface area contributed by atoms with Crippen LogP contribution in [0.5, 0.6) is 0 Å². The van der Waals surface area contributed by atoms with Crippen LogP contribution in [-0.4, -0.2) is 0 Å². The molecule has 0 aliphatic rings. The first kappa shape index (κ1) is 14.7. The van der Waals surface area contributed by atoms with Crippen molar-refractivity contribution in [2.24, 2.45) is 5.84 Å². The molecule has 2 rings (SSSR count). The van der Waals surface area contributed by atoms with Gasteiger partial charge < -0.3 is 0 Å². The summed E-state index contributed by atoms with van der Waals surface area (Å²) < 4.78 is 2.06. The molecule has 100 valence electrons. The van der Waals surface area contributed by atoms with E-state index in [1.54, 1.807) is 0 Å². The zero-order valence-corrected chi connectivity index (χ0v) is 14.0. The number of nitrogens with one attached hydrogen (secondary N) is 1. The van der Waals surface area contributed by atoms with Gasteiger partial charge in [0.25, 0.3) is 0 Å². The number of rotatable bonds is 3. The normalized spacial score (nSPS) is 12.5. The fourth-order valence-electron chi connectivity index (χ4n) is 2.26.